The Morgan fingerprint density at radius 1 is 1.13 bits per heavy atom. The van der Waals surface area contributed by atoms with Crippen LogP contribution in [0.4, 0.5) is 4.39 Å². The summed E-state index contributed by atoms with van der Waals surface area (Å²) in [5.41, 5.74) is 0.230. The number of carboxylic acids is 1. The molecule has 23 heavy (non-hydrogen) atoms. The molecule has 0 aromatic heterocycles. The number of carboxylic acid groups (broad SMARTS) is 1. The summed E-state index contributed by atoms with van der Waals surface area (Å²) in [5.74, 6) is -3.00. The van der Waals surface area contributed by atoms with Crippen molar-refractivity contribution < 1.29 is 27.9 Å². The molecule has 0 amide bonds. The highest BCUT2D eigenvalue weighted by atomic mass is 31.2. The maximum absolute atomic E-state index is 14.7. The zero-order valence-corrected chi connectivity index (χ0v) is 13.8. The molecule has 0 saturated carbocycles. The van der Waals surface area contributed by atoms with Crippen molar-refractivity contribution in [1.82, 2.24) is 0 Å². The Kier molecular flexibility index (Phi) is 5.52. The summed E-state index contributed by atoms with van der Waals surface area (Å²) in [4.78, 5) is 11.0. The fraction of sp³-hybridized carbons (Fsp3) is 0.312. The Morgan fingerprint density at radius 3 is 2.30 bits per heavy atom. The molecule has 7 heteroatoms. The molecule has 1 N–H and O–H groups in total. The largest absolute Gasteiger partial charge is 0.478 e. The lowest BCUT2D eigenvalue weighted by Gasteiger charge is -2.21. The number of halogens is 1. The normalized spacial score (nSPS) is 13.2. The van der Waals surface area contributed by atoms with E-state index in [-0.39, 0.29) is 24.3 Å². The van der Waals surface area contributed by atoms with Gasteiger partial charge in [-0.05, 0) is 48.4 Å². The van der Waals surface area contributed by atoms with E-state index < -0.39 is 19.5 Å². The van der Waals surface area contributed by atoms with Gasteiger partial charge in [-0.25, -0.2) is 9.18 Å². The zero-order valence-electron chi connectivity index (χ0n) is 12.9. The molecule has 0 aliphatic carbocycles. The van der Waals surface area contributed by atoms with Crippen molar-refractivity contribution in [3.8, 4) is 0 Å². The topological polar surface area (TPSA) is 72.8 Å². The number of benzene rings is 2. The molecule has 0 aliphatic rings. The van der Waals surface area contributed by atoms with Crippen LogP contribution >= 0.6 is 7.60 Å². The molecule has 0 bridgehead atoms. The van der Waals surface area contributed by atoms with E-state index in [1.807, 2.05) is 0 Å². The van der Waals surface area contributed by atoms with Crippen molar-refractivity contribution in [2.75, 3.05) is 13.2 Å². The van der Waals surface area contributed by atoms with E-state index in [1.165, 1.54) is 24.3 Å². The van der Waals surface area contributed by atoms with Crippen LogP contribution in [-0.4, -0.2) is 24.3 Å². The zero-order chi connectivity index (χ0) is 17.0. The van der Waals surface area contributed by atoms with Crippen LogP contribution in [0.1, 0.15) is 35.7 Å². The predicted octanol–water partition coefficient (Wildman–Crippen LogP) is 4.77. The summed E-state index contributed by atoms with van der Waals surface area (Å²) in [5, 5.41) is 10.3. The molecule has 0 aliphatic heterocycles. The Hall–Kier alpha value is -1.75. The first-order valence-electron chi connectivity index (χ1n) is 7.21. The molecule has 0 fully saturated rings. The number of fused-ring (bicyclic) bond motifs is 1. The lowest BCUT2D eigenvalue weighted by Crippen LogP contribution is -2.03. The number of aromatic carboxylic acids is 1. The average molecular weight is 340 g/mol. The third kappa shape index (κ3) is 3.78. The van der Waals surface area contributed by atoms with Crippen molar-refractivity contribution >= 4 is 24.3 Å². The van der Waals surface area contributed by atoms with Gasteiger partial charge in [0, 0.05) is 0 Å². The molecule has 0 spiro atoms. The Labute approximate surface area is 133 Å². The monoisotopic (exact) mass is 340 g/mol. The van der Waals surface area contributed by atoms with Crippen molar-refractivity contribution in [3.63, 3.8) is 0 Å². The van der Waals surface area contributed by atoms with Gasteiger partial charge in [0.15, 0.2) is 0 Å². The summed E-state index contributed by atoms with van der Waals surface area (Å²) in [6.07, 6.45) is 0. The van der Waals surface area contributed by atoms with Gasteiger partial charge in [0.1, 0.15) is 0 Å². The summed E-state index contributed by atoms with van der Waals surface area (Å²) in [7, 11) is -3.92. The average Bonchev–Trinajstić information content (AvgIpc) is 2.53. The Bertz CT molecular complexity index is 751. The quantitative estimate of drug-likeness (QED) is 0.735. The number of hydrogen-bond acceptors (Lipinski definition) is 4. The first kappa shape index (κ1) is 17.6. The van der Waals surface area contributed by atoms with E-state index in [9.17, 15) is 13.8 Å². The molecular formula is C16H18FO5P. The number of carbonyl (C=O) groups is 1. The summed E-state index contributed by atoms with van der Waals surface area (Å²) in [6.45, 7) is 3.35. The van der Waals surface area contributed by atoms with Gasteiger partial charge in [-0.2, -0.15) is 0 Å². The van der Waals surface area contributed by atoms with Crippen LogP contribution < -0.4 is 0 Å². The van der Waals surface area contributed by atoms with Crippen molar-refractivity contribution in [1.29, 1.82) is 0 Å². The summed E-state index contributed by atoms with van der Waals surface area (Å²) >= 11 is 0. The van der Waals surface area contributed by atoms with Gasteiger partial charge in [0.2, 0.25) is 5.91 Å². The minimum Gasteiger partial charge on any atom is -0.478 e. The summed E-state index contributed by atoms with van der Waals surface area (Å²) in [6, 6.07) is 9.17. The molecule has 0 saturated heterocycles. The van der Waals surface area contributed by atoms with Gasteiger partial charge in [0.05, 0.1) is 18.8 Å². The van der Waals surface area contributed by atoms with E-state index in [2.05, 4.69) is 0 Å². The van der Waals surface area contributed by atoms with Crippen LogP contribution in [0.3, 0.4) is 0 Å². The fourth-order valence-corrected chi connectivity index (χ4v) is 3.84. The molecule has 2 aromatic rings. The van der Waals surface area contributed by atoms with Crippen LogP contribution in [0.15, 0.2) is 36.4 Å². The highest BCUT2D eigenvalue weighted by Crippen LogP contribution is 2.61. The Balaban J connectivity index is 2.45. The van der Waals surface area contributed by atoms with Crippen LogP contribution in [0.5, 0.6) is 0 Å². The second kappa shape index (κ2) is 7.21. The van der Waals surface area contributed by atoms with Gasteiger partial charge in [-0.3, -0.25) is 4.57 Å². The van der Waals surface area contributed by atoms with E-state index in [0.29, 0.717) is 5.39 Å². The predicted molar refractivity (Wildman–Crippen MR) is 85.6 cm³/mol. The highest BCUT2D eigenvalue weighted by molar-refractivity contribution is 7.54. The lowest BCUT2D eigenvalue weighted by atomic mass is 10.0. The maximum atomic E-state index is 14.7. The maximum Gasteiger partial charge on any atom is 0.369 e. The number of hydrogen-bond donors (Lipinski definition) is 1. The first-order chi connectivity index (χ1) is 10.9. The van der Waals surface area contributed by atoms with Crippen LogP contribution in [0.25, 0.3) is 10.8 Å². The standard InChI is InChI=1S/C16H18FO5P/c1-3-21-23(20,22-4-2)15(17)12-7-5-11-6-8-13(16(18)19)10-14(11)9-12/h5-10,15H,3-4H2,1-2H3,(H,18,19)/t15-/m1/s1. The fourth-order valence-electron chi connectivity index (χ4n) is 2.26. The number of rotatable bonds is 7. The molecule has 0 heterocycles. The lowest BCUT2D eigenvalue weighted by molar-refractivity contribution is 0.0697. The molecule has 2 rings (SSSR count). The minimum absolute atomic E-state index is 0.0639. The van der Waals surface area contributed by atoms with Gasteiger partial charge >= 0.3 is 13.6 Å². The molecule has 5 nitrogen and oxygen atoms in total. The summed E-state index contributed by atoms with van der Waals surface area (Å²) < 4.78 is 37.3. The molecule has 2 aromatic carbocycles. The smallest absolute Gasteiger partial charge is 0.369 e. The SMILES string of the molecule is CCOP(=O)(OCC)[C@@H](F)c1ccc2ccc(C(=O)O)cc2c1. The van der Waals surface area contributed by atoms with Gasteiger partial charge in [-0.1, -0.05) is 18.2 Å². The van der Waals surface area contributed by atoms with Crippen molar-refractivity contribution in [2.45, 2.75) is 19.8 Å². The third-order valence-electron chi connectivity index (χ3n) is 3.28. The van der Waals surface area contributed by atoms with Crippen molar-refractivity contribution in [3.05, 3.63) is 47.5 Å². The van der Waals surface area contributed by atoms with E-state index in [4.69, 9.17) is 14.2 Å². The van der Waals surface area contributed by atoms with Crippen LogP contribution in [0, 0.1) is 0 Å². The van der Waals surface area contributed by atoms with E-state index in [0.717, 1.165) is 5.39 Å². The molecule has 0 radical (unpaired) electrons. The molecule has 1 atom stereocenters. The second-order valence-electron chi connectivity index (χ2n) is 4.84. The van der Waals surface area contributed by atoms with Gasteiger partial charge in [0.25, 0.3) is 0 Å². The van der Waals surface area contributed by atoms with Gasteiger partial charge in [-0.15, -0.1) is 0 Å². The third-order valence-corrected chi connectivity index (χ3v) is 5.37. The highest BCUT2D eigenvalue weighted by Gasteiger charge is 2.37. The van der Waals surface area contributed by atoms with Crippen LogP contribution in [-0.2, 0) is 13.6 Å². The van der Waals surface area contributed by atoms with E-state index in [1.54, 1.807) is 26.0 Å². The Morgan fingerprint density at radius 2 is 1.74 bits per heavy atom. The van der Waals surface area contributed by atoms with Crippen LogP contribution in [0.2, 0.25) is 0 Å². The minimum atomic E-state index is -3.92. The van der Waals surface area contributed by atoms with Crippen molar-refractivity contribution in [2.24, 2.45) is 0 Å². The number of alkyl halides is 1. The molecular weight excluding hydrogens is 322 g/mol. The molecule has 0 unspecified atom stereocenters. The van der Waals surface area contributed by atoms with Gasteiger partial charge < -0.3 is 14.2 Å². The van der Waals surface area contributed by atoms with E-state index >= 15 is 0 Å². The second-order valence-corrected chi connectivity index (χ2v) is 6.89. The first-order valence-corrected chi connectivity index (χ1v) is 8.82. The molecule has 124 valence electrons.